The molecule has 0 radical (unpaired) electrons. The van der Waals surface area contributed by atoms with Crippen LogP contribution in [-0.2, 0) is 9.47 Å². The van der Waals surface area contributed by atoms with Crippen LogP contribution in [0.1, 0.15) is 34.6 Å². The van der Waals surface area contributed by atoms with Crippen LogP contribution in [0.25, 0.3) is 0 Å². The molecule has 5 unspecified atom stereocenters. The number of rotatable bonds is 1. The zero-order valence-electron chi connectivity index (χ0n) is 9.63. The highest BCUT2D eigenvalue weighted by Crippen LogP contribution is 2.41. The van der Waals surface area contributed by atoms with Gasteiger partial charge in [0.25, 0.3) is 0 Å². The lowest BCUT2D eigenvalue weighted by molar-refractivity contribution is -0.304. The quantitative estimate of drug-likeness (QED) is 0.627. The summed E-state index contributed by atoms with van der Waals surface area (Å²) in [4.78, 5) is 0. The van der Waals surface area contributed by atoms with E-state index in [1.165, 1.54) is 0 Å². The van der Waals surface area contributed by atoms with E-state index in [1.54, 1.807) is 7.11 Å². The second-order valence-corrected chi connectivity index (χ2v) is 4.55. The first kappa shape index (κ1) is 11.0. The smallest absolute Gasteiger partial charge is 0.168 e. The highest BCUT2D eigenvalue weighted by molar-refractivity contribution is 4.87. The van der Waals surface area contributed by atoms with E-state index >= 15 is 0 Å². The van der Waals surface area contributed by atoms with Gasteiger partial charge < -0.3 is 9.47 Å². The Morgan fingerprint density at radius 3 is 2.08 bits per heavy atom. The van der Waals surface area contributed by atoms with Crippen LogP contribution in [0.2, 0.25) is 0 Å². The number of methoxy groups -OCH3 is 1. The minimum Gasteiger partial charge on any atom is -0.353 e. The van der Waals surface area contributed by atoms with Crippen LogP contribution in [0.5, 0.6) is 0 Å². The molecule has 0 N–H and O–H groups in total. The Kier molecular flexibility index (Phi) is 3.03. The first-order valence-electron chi connectivity index (χ1n) is 5.15. The standard InChI is InChI=1S/C11H22O2/c1-7-8(2)10(4)13-11(5,12-6)9(7)3/h7-10H,1-6H3. The van der Waals surface area contributed by atoms with Gasteiger partial charge in [0.1, 0.15) is 0 Å². The minimum atomic E-state index is -0.397. The fourth-order valence-corrected chi connectivity index (χ4v) is 2.18. The zero-order valence-corrected chi connectivity index (χ0v) is 9.63. The molecule has 0 saturated carbocycles. The molecule has 1 fully saturated rings. The third kappa shape index (κ3) is 1.75. The Morgan fingerprint density at radius 1 is 1.08 bits per heavy atom. The maximum Gasteiger partial charge on any atom is 0.168 e. The highest BCUT2D eigenvalue weighted by atomic mass is 16.7. The van der Waals surface area contributed by atoms with Crippen LogP contribution in [0, 0.1) is 17.8 Å². The Hall–Kier alpha value is -0.0800. The fraction of sp³-hybridized carbons (Fsp3) is 1.00. The maximum atomic E-state index is 5.90. The molecule has 1 heterocycles. The van der Waals surface area contributed by atoms with E-state index in [1.807, 2.05) is 6.92 Å². The molecule has 1 rings (SSSR count). The van der Waals surface area contributed by atoms with Crippen LogP contribution >= 0.6 is 0 Å². The minimum absolute atomic E-state index is 0.288. The topological polar surface area (TPSA) is 18.5 Å². The first-order chi connectivity index (χ1) is 5.92. The first-order valence-corrected chi connectivity index (χ1v) is 5.15. The van der Waals surface area contributed by atoms with Crippen molar-refractivity contribution in [3.05, 3.63) is 0 Å². The highest BCUT2D eigenvalue weighted by Gasteiger charge is 2.45. The predicted molar refractivity (Wildman–Crippen MR) is 53.5 cm³/mol. The molecule has 1 aliphatic rings. The summed E-state index contributed by atoms with van der Waals surface area (Å²) < 4.78 is 11.4. The summed E-state index contributed by atoms with van der Waals surface area (Å²) in [5.74, 6) is 1.31. The molecule has 13 heavy (non-hydrogen) atoms. The van der Waals surface area contributed by atoms with E-state index in [9.17, 15) is 0 Å². The Morgan fingerprint density at radius 2 is 1.62 bits per heavy atom. The van der Waals surface area contributed by atoms with Gasteiger partial charge >= 0.3 is 0 Å². The fourth-order valence-electron chi connectivity index (χ4n) is 2.18. The molecule has 0 aromatic carbocycles. The molecule has 78 valence electrons. The van der Waals surface area contributed by atoms with Crippen molar-refractivity contribution in [3.8, 4) is 0 Å². The van der Waals surface area contributed by atoms with Crippen LogP contribution in [0.15, 0.2) is 0 Å². The second-order valence-electron chi connectivity index (χ2n) is 4.55. The molecule has 1 aliphatic heterocycles. The van der Waals surface area contributed by atoms with Crippen molar-refractivity contribution in [2.75, 3.05) is 7.11 Å². The van der Waals surface area contributed by atoms with E-state index in [0.29, 0.717) is 17.8 Å². The van der Waals surface area contributed by atoms with Crippen molar-refractivity contribution < 1.29 is 9.47 Å². The summed E-state index contributed by atoms with van der Waals surface area (Å²) in [5, 5.41) is 0. The maximum absolute atomic E-state index is 5.90. The molecule has 0 bridgehead atoms. The Balaban J connectivity index is 2.82. The van der Waals surface area contributed by atoms with Crippen molar-refractivity contribution in [1.82, 2.24) is 0 Å². The molecule has 0 aromatic rings. The summed E-state index contributed by atoms with van der Waals surface area (Å²) in [7, 11) is 1.73. The molecule has 2 nitrogen and oxygen atoms in total. The van der Waals surface area contributed by atoms with E-state index in [0.717, 1.165) is 0 Å². The molecular formula is C11H22O2. The summed E-state index contributed by atoms with van der Waals surface area (Å²) in [6.45, 7) is 10.9. The Labute approximate surface area is 81.6 Å². The van der Waals surface area contributed by atoms with Gasteiger partial charge in [-0.15, -0.1) is 0 Å². The summed E-state index contributed by atoms with van der Waals surface area (Å²) in [6.07, 6.45) is 0.288. The zero-order chi connectivity index (χ0) is 10.2. The third-order valence-electron chi connectivity index (χ3n) is 4.01. The van der Waals surface area contributed by atoms with Crippen molar-refractivity contribution >= 4 is 0 Å². The molecular weight excluding hydrogens is 164 g/mol. The average molecular weight is 186 g/mol. The van der Waals surface area contributed by atoms with Crippen LogP contribution in [0.4, 0.5) is 0 Å². The summed E-state index contributed by atoms with van der Waals surface area (Å²) in [5.41, 5.74) is 0. The van der Waals surface area contributed by atoms with Gasteiger partial charge in [-0.3, -0.25) is 0 Å². The van der Waals surface area contributed by atoms with Gasteiger partial charge in [0, 0.05) is 13.0 Å². The second kappa shape index (κ2) is 3.58. The third-order valence-corrected chi connectivity index (χ3v) is 4.01. The van der Waals surface area contributed by atoms with Crippen molar-refractivity contribution in [1.29, 1.82) is 0 Å². The van der Waals surface area contributed by atoms with E-state index in [2.05, 4.69) is 27.7 Å². The van der Waals surface area contributed by atoms with E-state index in [-0.39, 0.29) is 6.10 Å². The molecule has 0 aromatic heterocycles. The van der Waals surface area contributed by atoms with Crippen molar-refractivity contribution in [2.24, 2.45) is 17.8 Å². The van der Waals surface area contributed by atoms with Gasteiger partial charge in [-0.1, -0.05) is 20.8 Å². The van der Waals surface area contributed by atoms with Crippen LogP contribution in [0.3, 0.4) is 0 Å². The number of hydrogen-bond donors (Lipinski definition) is 0. The predicted octanol–water partition coefficient (Wildman–Crippen LogP) is 2.68. The molecule has 2 heteroatoms. The number of hydrogen-bond acceptors (Lipinski definition) is 2. The largest absolute Gasteiger partial charge is 0.353 e. The molecule has 1 saturated heterocycles. The van der Waals surface area contributed by atoms with Gasteiger partial charge in [0.05, 0.1) is 6.10 Å². The molecule has 0 spiro atoms. The molecule has 0 aliphatic carbocycles. The SMILES string of the molecule is COC1(C)OC(C)C(C)C(C)C1C. The molecule has 0 amide bonds. The number of ether oxygens (including phenoxy) is 2. The van der Waals surface area contributed by atoms with E-state index in [4.69, 9.17) is 9.47 Å². The average Bonchev–Trinajstić information content (AvgIpc) is 2.12. The van der Waals surface area contributed by atoms with Crippen molar-refractivity contribution in [3.63, 3.8) is 0 Å². The van der Waals surface area contributed by atoms with Gasteiger partial charge in [-0.05, 0) is 25.7 Å². The molecule has 5 atom stereocenters. The van der Waals surface area contributed by atoms with Crippen molar-refractivity contribution in [2.45, 2.75) is 46.5 Å². The lowest BCUT2D eigenvalue weighted by atomic mass is 9.75. The summed E-state index contributed by atoms with van der Waals surface area (Å²) in [6, 6.07) is 0. The lowest BCUT2D eigenvalue weighted by Gasteiger charge is -2.48. The van der Waals surface area contributed by atoms with Crippen LogP contribution < -0.4 is 0 Å². The van der Waals surface area contributed by atoms with Gasteiger partial charge in [0.15, 0.2) is 5.79 Å². The monoisotopic (exact) mass is 186 g/mol. The van der Waals surface area contributed by atoms with Gasteiger partial charge in [-0.2, -0.15) is 0 Å². The van der Waals surface area contributed by atoms with E-state index < -0.39 is 5.79 Å². The van der Waals surface area contributed by atoms with Crippen LogP contribution in [-0.4, -0.2) is 19.0 Å². The van der Waals surface area contributed by atoms with Gasteiger partial charge in [0.2, 0.25) is 0 Å². The summed E-state index contributed by atoms with van der Waals surface area (Å²) >= 11 is 0. The Bertz CT molecular complexity index is 181. The lowest BCUT2D eigenvalue weighted by Crippen LogP contribution is -2.52. The van der Waals surface area contributed by atoms with Gasteiger partial charge in [-0.25, -0.2) is 0 Å². The normalized spacial score (nSPS) is 52.2.